The SMILES string of the molecule is CCCO[C@@H]1C[C@@H](C(=O)NCc2ccncc2C)CC[C@H]1NC1CCCC1. The zero-order valence-corrected chi connectivity index (χ0v) is 16.9. The number of hydrogen-bond acceptors (Lipinski definition) is 4. The normalized spacial score (nSPS) is 26.2. The van der Waals surface area contributed by atoms with Crippen LogP contribution in [0, 0.1) is 12.8 Å². The van der Waals surface area contributed by atoms with E-state index < -0.39 is 0 Å². The van der Waals surface area contributed by atoms with Crippen molar-refractivity contribution in [1.29, 1.82) is 0 Å². The molecule has 27 heavy (non-hydrogen) atoms. The summed E-state index contributed by atoms with van der Waals surface area (Å²) < 4.78 is 6.17. The summed E-state index contributed by atoms with van der Waals surface area (Å²) in [5.74, 6) is 0.214. The molecule has 0 aliphatic heterocycles. The minimum atomic E-state index is 0.0515. The topological polar surface area (TPSA) is 63.2 Å². The van der Waals surface area contributed by atoms with Crippen LogP contribution in [0.1, 0.15) is 69.4 Å². The first-order valence-electron chi connectivity index (χ1n) is 10.7. The summed E-state index contributed by atoms with van der Waals surface area (Å²) >= 11 is 0. The number of pyridine rings is 1. The fourth-order valence-corrected chi connectivity index (χ4v) is 4.43. The lowest BCUT2D eigenvalue weighted by atomic mass is 9.82. The van der Waals surface area contributed by atoms with E-state index in [4.69, 9.17) is 4.74 Å². The van der Waals surface area contributed by atoms with E-state index in [9.17, 15) is 4.79 Å². The predicted molar refractivity (Wildman–Crippen MR) is 107 cm³/mol. The summed E-state index contributed by atoms with van der Waals surface area (Å²) in [4.78, 5) is 16.9. The van der Waals surface area contributed by atoms with Crippen LogP contribution in [0.3, 0.4) is 0 Å². The van der Waals surface area contributed by atoms with Crippen LogP contribution in [0.15, 0.2) is 18.5 Å². The van der Waals surface area contributed by atoms with Gasteiger partial charge in [-0.05, 0) is 62.6 Å². The van der Waals surface area contributed by atoms with Crippen molar-refractivity contribution in [3.63, 3.8) is 0 Å². The molecule has 0 unspecified atom stereocenters. The molecule has 2 aliphatic rings. The van der Waals surface area contributed by atoms with Crippen molar-refractivity contribution in [2.24, 2.45) is 5.92 Å². The van der Waals surface area contributed by atoms with Crippen molar-refractivity contribution in [3.8, 4) is 0 Å². The molecule has 1 aromatic rings. The number of nitrogens with zero attached hydrogens (tertiary/aromatic N) is 1. The Morgan fingerprint density at radius 2 is 2.07 bits per heavy atom. The number of carbonyl (C=O) groups is 1. The smallest absolute Gasteiger partial charge is 0.223 e. The van der Waals surface area contributed by atoms with E-state index >= 15 is 0 Å². The van der Waals surface area contributed by atoms with E-state index in [0.29, 0.717) is 18.6 Å². The van der Waals surface area contributed by atoms with E-state index in [1.54, 1.807) is 6.20 Å². The molecule has 2 aliphatic carbocycles. The molecule has 1 aromatic heterocycles. The third kappa shape index (κ3) is 5.76. The molecule has 1 heterocycles. The second kappa shape index (κ2) is 10.2. The maximum atomic E-state index is 12.8. The van der Waals surface area contributed by atoms with Gasteiger partial charge < -0.3 is 15.4 Å². The van der Waals surface area contributed by atoms with Crippen molar-refractivity contribution in [1.82, 2.24) is 15.6 Å². The van der Waals surface area contributed by atoms with Gasteiger partial charge >= 0.3 is 0 Å². The monoisotopic (exact) mass is 373 g/mol. The first-order chi connectivity index (χ1) is 13.2. The second-order valence-electron chi connectivity index (χ2n) is 8.19. The standard InChI is InChI=1S/C22H35N3O2/c1-3-12-27-21-13-17(8-9-20(21)25-19-6-4-5-7-19)22(26)24-15-18-10-11-23-14-16(18)2/h10-11,14,17,19-21,25H,3-9,12-13,15H2,1-2H3,(H,24,26)/t17-,20+,21+/m0/s1. The Kier molecular flexibility index (Phi) is 7.65. The van der Waals surface area contributed by atoms with Gasteiger partial charge in [0.25, 0.3) is 0 Å². The van der Waals surface area contributed by atoms with Crippen molar-refractivity contribution in [2.45, 2.75) is 89.9 Å². The van der Waals surface area contributed by atoms with Gasteiger partial charge in [0, 0.05) is 43.5 Å². The van der Waals surface area contributed by atoms with Gasteiger partial charge in [-0.1, -0.05) is 19.8 Å². The molecule has 0 bridgehead atoms. The Hall–Kier alpha value is -1.46. The Morgan fingerprint density at radius 3 is 2.81 bits per heavy atom. The van der Waals surface area contributed by atoms with Crippen LogP contribution in [0.25, 0.3) is 0 Å². The summed E-state index contributed by atoms with van der Waals surface area (Å²) in [5, 5.41) is 6.97. The van der Waals surface area contributed by atoms with Gasteiger partial charge in [0.2, 0.25) is 5.91 Å². The second-order valence-corrected chi connectivity index (χ2v) is 8.19. The fraction of sp³-hybridized carbons (Fsp3) is 0.727. The van der Waals surface area contributed by atoms with Gasteiger partial charge in [0.05, 0.1) is 6.10 Å². The minimum Gasteiger partial charge on any atom is -0.377 e. The van der Waals surface area contributed by atoms with Crippen LogP contribution >= 0.6 is 0 Å². The highest BCUT2D eigenvalue weighted by molar-refractivity contribution is 5.78. The van der Waals surface area contributed by atoms with Gasteiger partial charge in [0.15, 0.2) is 0 Å². The summed E-state index contributed by atoms with van der Waals surface area (Å²) in [6.45, 7) is 5.53. The zero-order valence-electron chi connectivity index (χ0n) is 16.9. The fourth-order valence-electron chi connectivity index (χ4n) is 4.43. The van der Waals surface area contributed by atoms with Crippen LogP contribution in [0.4, 0.5) is 0 Å². The van der Waals surface area contributed by atoms with Crippen LogP contribution in [0.5, 0.6) is 0 Å². The Labute approximate surface area is 163 Å². The van der Waals surface area contributed by atoms with E-state index in [2.05, 4.69) is 22.5 Å². The Morgan fingerprint density at radius 1 is 1.26 bits per heavy atom. The van der Waals surface area contributed by atoms with Crippen molar-refractivity contribution >= 4 is 5.91 Å². The highest BCUT2D eigenvalue weighted by atomic mass is 16.5. The Balaban J connectivity index is 1.53. The molecule has 3 rings (SSSR count). The van der Waals surface area contributed by atoms with Crippen LogP contribution in [-0.4, -0.2) is 35.7 Å². The first-order valence-corrected chi connectivity index (χ1v) is 10.7. The zero-order chi connectivity index (χ0) is 19.1. The third-order valence-electron chi connectivity index (χ3n) is 6.09. The number of hydrogen-bond donors (Lipinski definition) is 2. The third-order valence-corrected chi connectivity index (χ3v) is 6.09. The minimum absolute atomic E-state index is 0.0515. The van der Waals surface area contributed by atoms with Gasteiger partial charge in [-0.2, -0.15) is 0 Å². The molecule has 150 valence electrons. The summed E-state index contributed by atoms with van der Waals surface area (Å²) in [7, 11) is 0. The van der Waals surface area contributed by atoms with Gasteiger partial charge in [-0.15, -0.1) is 0 Å². The first kappa shape index (κ1) is 20.3. The molecule has 5 nitrogen and oxygen atoms in total. The molecule has 5 heteroatoms. The number of amides is 1. The van der Waals surface area contributed by atoms with Gasteiger partial charge in [-0.25, -0.2) is 0 Å². The molecule has 0 radical (unpaired) electrons. The molecule has 2 saturated carbocycles. The molecule has 3 atom stereocenters. The number of rotatable bonds is 8. The molecule has 0 aromatic carbocycles. The lowest BCUT2D eigenvalue weighted by Gasteiger charge is -2.37. The highest BCUT2D eigenvalue weighted by Crippen LogP contribution is 2.29. The molecule has 2 N–H and O–H groups in total. The maximum absolute atomic E-state index is 12.8. The molecular weight excluding hydrogens is 338 g/mol. The average Bonchev–Trinajstić information content (AvgIpc) is 3.19. The highest BCUT2D eigenvalue weighted by Gasteiger charge is 2.35. The maximum Gasteiger partial charge on any atom is 0.223 e. The van der Waals surface area contributed by atoms with Crippen molar-refractivity contribution in [3.05, 3.63) is 29.6 Å². The predicted octanol–water partition coefficient (Wildman–Crippen LogP) is 3.50. The van der Waals surface area contributed by atoms with Gasteiger partial charge in [0.1, 0.15) is 0 Å². The number of aryl methyl sites for hydroxylation is 1. The largest absolute Gasteiger partial charge is 0.377 e. The number of nitrogens with one attached hydrogen (secondary N) is 2. The molecular formula is C22H35N3O2. The number of ether oxygens (including phenoxy) is 1. The van der Waals surface area contributed by atoms with E-state index in [0.717, 1.165) is 43.4 Å². The number of aromatic nitrogens is 1. The Bertz CT molecular complexity index is 601. The summed E-state index contributed by atoms with van der Waals surface area (Å²) in [5.41, 5.74) is 2.25. The lowest BCUT2D eigenvalue weighted by molar-refractivity contribution is -0.128. The van der Waals surface area contributed by atoms with Crippen LogP contribution in [0.2, 0.25) is 0 Å². The van der Waals surface area contributed by atoms with Crippen molar-refractivity contribution in [2.75, 3.05) is 6.61 Å². The lowest BCUT2D eigenvalue weighted by Crippen LogP contribution is -2.50. The van der Waals surface area contributed by atoms with Crippen molar-refractivity contribution < 1.29 is 9.53 Å². The van der Waals surface area contributed by atoms with Crippen LogP contribution in [-0.2, 0) is 16.1 Å². The molecule has 1 amide bonds. The van der Waals surface area contributed by atoms with Gasteiger partial charge in [-0.3, -0.25) is 9.78 Å². The van der Waals surface area contributed by atoms with Crippen LogP contribution < -0.4 is 10.6 Å². The molecule has 2 fully saturated rings. The molecule has 0 saturated heterocycles. The van der Waals surface area contributed by atoms with E-state index in [1.807, 2.05) is 19.2 Å². The quantitative estimate of drug-likeness (QED) is 0.732. The average molecular weight is 374 g/mol. The number of carbonyl (C=O) groups excluding carboxylic acids is 1. The summed E-state index contributed by atoms with van der Waals surface area (Å²) in [6.07, 6.45) is 12.8. The summed E-state index contributed by atoms with van der Waals surface area (Å²) in [6, 6.07) is 3.01. The van der Waals surface area contributed by atoms with E-state index in [-0.39, 0.29) is 17.9 Å². The molecule has 0 spiro atoms. The van der Waals surface area contributed by atoms with E-state index in [1.165, 1.54) is 25.7 Å².